The van der Waals surface area contributed by atoms with Gasteiger partial charge in [0.2, 0.25) is 0 Å². The van der Waals surface area contributed by atoms with Crippen molar-refractivity contribution in [2.75, 3.05) is 4.90 Å². The van der Waals surface area contributed by atoms with Crippen molar-refractivity contribution in [2.24, 2.45) is 0 Å². The highest BCUT2D eigenvalue weighted by Gasteiger charge is 2.36. The summed E-state index contributed by atoms with van der Waals surface area (Å²) >= 11 is 0. The molecule has 1 nitrogen and oxygen atoms in total. The van der Waals surface area contributed by atoms with Gasteiger partial charge in [0, 0.05) is 22.4 Å². The molecule has 0 aromatic heterocycles. The van der Waals surface area contributed by atoms with Crippen LogP contribution in [0.3, 0.4) is 0 Å². The van der Waals surface area contributed by atoms with Gasteiger partial charge < -0.3 is 4.90 Å². The Hall–Kier alpha value is -6.18. The van der Waals surface area contributed by atoms with E-state index in [1.807, 2.05) is 0 Å². The number of rotatable bonds is 6. The van der Waals surface area contributed by atoms with Crippen molar-refractivity contribution in [2.45, 2.75) is 44.9 Å². The van der Waals surface area contributed by atoms with Crippen LogP contribution < -0.4 is 4.90 Å². The molecule has 0 amide bonds. The van der Waals surface area contributed by atoms with Crippen molar-refractivity contribution in [3.63, 3.8) is 0 Å². The van der Waals surface area contributed by atoms with Crippen molar-refractivity contribution in [3.05, 3.63) is 198 Å². The fraction of sp³-hybridized carbons (Fsp3) is 0.132. The smallest absolute Gasteiger partial charge is 0.0540 e. The molecule has 0 bridgehead atoms. The van der Waals surface area contributed by atoms with Crippen LogP contribution in [0.5, 0.6) is 0 Å². The van der Waals surface area contributed by atoms with Crippen LogP contribution >= 0.6 is 0 Å². The molecule has 0 fully saturated rings. The van der Waals surface area contributed by atoms with E-state index in [9.17, 15) is 0 Å². The second-order valence-corrected chi connectivity index (χ2v) is 15.6. The van der Waals surface area contributed by atoms with Gasteiger partial charge in [-0.3, -0.25) is 0 Å². The zero-order valence-electron chi connectivity index (χ0n) is 31.0. The first kappa shape index (κ1) is 32.5. The Bertz CT molecular complexity index is 2680. The number of aryl methyl sites for hydroxylation is 2. The molecule has 0 atom stereocenters. The van der Waals surface area contributed by atoms with E-state index < -0.39 is 0 Å². The van der Waals surface area contributed by atoms with Gasteiger partial charge in [0.1, 0.15) is 0 Å². The molecule has 0 saturated heterocycles. The summed E-state index contributed by atoms with van der Waals surface area (Å²) in [5.41, 5.74) is 19.3. The first-order valence-electron chi connectivity index (χ1n) is 19.5. The van der Waals surface area contributed by atoms with Gasteiger partial charge in [-0.05, 0) is 128 Å². The Morgan fingerprint density at radius 3 is 1.93 bits per heavy atom. The maximum absolute atomic E-state index is 2.49. The molecule has 0 spiro atoms. The first-order chi connectivity index (χ1) is 26.5. The maximum Gasteiger partial charge on any atom is 0.0540 e. The second kappa shape index (κ2) is 13.0. The standard InChI is InChI=1S/C53H43N/c1-53(2)49-22-12-10-20-46(49)47-33-31-43(35-50(47)53)54(42-29-26-37(27-30-42)41-25-24-36-14-6-7-18-40(36)34-41)51-23-13-11-21-48(51)52-44-19-9-8-17-39(44)28-32-45(52)38-15-4-3-5-16-38/h3-5,8-13,15-17,19-35H,6-7,14,18H2,1-2H3. The van der Waals surface area contributed by atoms with Gasteiger partial charge in [-0.25, -0.2) is 0 Å². The van der Waals surface area contributed by atoms with Crippen molar-refractivity contribution in [1.82, 2.24) is 0 Å². The quantitative estimate of drug-likeness (QED) is 0.168. The van der Waals surface area contributed by atoms with E-state index in [0.29, 0.717) is 0 Å². The average Bonchev–Trinajstić information content (AvgIpc) is 3.46. The lowest BCUT2D eigenvalue weighted by atomic mass is 9.82. The molecule has 0 saturated carbocycles. The van der Waals surface area contributed by atoms with Gasteiger partial charge in [0.05, 0.1) is 5.69 Å². The minimum absolute atomic E-state index is 0.112. The predicted octanol–water partition coefficient (Wildman–Crippen LogP) is 14.5. The molecule has 0 aliphatic heterocycles. The number of hydrogen-bond donors (Lipinski definition) is 0. The van der Waals surface area contributed by atoms with Gasteiger partial charge in [-0.2, -0.15) is 0 Å². The van der Waals surface area contributed by atoms with E-state index in [-0.39, 0.29) is 5.41 Å². The van der Waals surface area contributed by atoms with Gasteiger partial charge >= 0.3 is 0 Å². The number of anilines is 3. The summed E-state index contributed by atoms with van der Waals surface area (Å²) in [5, 5.41) is 2.49. The molecule has 1 heteroatoms. The van der Waals surface area contributed by atoms with Gasteiger partial charge in [0.15, 0.2) is 0 Å². The lowest BCUT2D eigenvalue weighted by Crippen LogP contribution is -2.17. The van der Waals surface area contributed by atoms with Gasteiger partial charge in [-0.1, -0.05) is 159 Å². The van der Waals surface area contributed by atoms with Crippen LogP contribution in [0.2, 0.25) is 0 Å². The predicted molar refractivity (Wildman–Crippen MR) is 229 cm³/mol. The molecule has 260 valence electrons. The molecule has 0 radical (unpaired) electrons. The Morgan fingerprint density at radius 1 is 0.426 bits per heavy atom. The van der Waals surface area contributed by atoms with Crippen molar-refractivity contribution < 1.29 is 0 Å². The minimum atomic E-state index is -0.112. The van der Waals surface area contributed by atoms with E-state index in [1.165, 1.54) is 103 Å². The van der Waals surface area contributed by atoms with E-state index in [1.54, 1.807) is 0 Å². The zero-order valence-corrected chi connectivity index (χ0v) is 31.0. The summed E-state index contributed by atoms with van der Waals surface area (Å²) in [6.07, 6.45) is 4.98. The highest BCUT2D eigenvalue weighted by molar-refractivity contribution is 6.07. The van der Waals surface area contributed by atoms with Gasteiger partial charge in [-0.15, -0.1) is 0 Å². The third kappa shape index (κ3) is 5.38. The second-order valence-electron chi connectivity index (χ2n) is 15.6. The van der Waals surface area contributed by atoms with E-state index in [4.69, 9.17) is 0 Å². The summed E-state index contributed by atoms with van der Waals surface area (Å²) in [6, 6.07) is 65.6. The highest BCUT2D eigenvalue weighted by atomic mass is 15.1. The summed E-state index contributed by atoms with van der Waals surface area (Å²) in [5.74, 6) is 0. The van der Waals surface area contributed by atoms with Gasteiger partial charge in [0.25, 0.3) is 0 Å². The molecule has 54 heavy (non-hydrogen) atoms. The Balaban J connectivity index is 1.18. The Labute approximate surface area is 319 Å². The molecule has 2 aliphatic rings. The van der Waals surface area contributed by atoms with E-state index in [2.05, 4.69) is 195 Å². The van der Waals surface area contributed by atoms with Crippen LogP contribution in [-0.4, -0.2) is 0 Å². The van der Waals surface area contributed by atoms with Crippen molar-refractivity contribution in [3.8, 4) is 44.5 Å². The third-order valence-electron chi connectivity index (χ3n) is 12.1. The van der Waals surface area contributed by atoms with Crippen LogP contribution in [0.1, 0.15) is 48.9 Å². The van der Waals surface area contributed by atoms with Crippen LogP contribution in [-0.2, 0) is 18.3 Å². The first-order valence-corrected chi connectivity index (χ1v) is 19.5. The van der Waals surface area contributed by atoms with Crippen LogP contribution in [0.15, 0.2) is 176 Å². The summed E-state index contributed by atoms with van der Waals surface area (Å²) in [7, 11) is 0. The molecule has 0 unspecified atom stereocenters. The highest BCUT2D eigenvalue weighted by Crippen LogP contribution is 2.52. The van der Waals surface area contributed by atoms with Crippen LogP contribution in [0, 0.1) is 0 Å². The SMILES string of the molecule is CC1(C)c2ccccc2-c2ccc(N(c3ccc(-c4ccc5c(c4)CCCC5)cc3)c3ccccc3-c3c(-c4ccccc4)ccc4ccccc34)cc21. The topological polar surface area (TPSA) is 3.24 Å². The summed E-state index contributed by atoms with van der Waals surface area (Å²) in [6.45, 7) is 4.74. The largest absolute Gasteiger partial charge is 0.310 e. The molecular formula is C53H43N. The molecular weight excluding hydrogens is 651 g/mol. The molecule has 0 N–H and O–H groups in total. The van der Waals surface area contributed by atoms with E-state index in [0.717, 1.165) is 17.1 Å². The summed E-state index contributed by atoms with van der Waals surface area (Å²) < 4.78 is 0. The number of hydrogen-bond acceptors (Lipinski definition) is 1. The molecule has 2 aliphatic carbocycles. The number of fused-ring (bicyclic) bond motifs is 5. The molecule has 8 aromatic carbocycles. The molecule has 0 heterocycles. The number of benzene rings is 8. The minimum Gasteiger partial charge on any atom is -0.310 e. The van der Waals surface area contributed by atoms with E-state index >= 15 is 0 Å². The average molecular weight is 694 g/mol. The number of nitrogens with zero attached hydrogens (tertiary/aromatic N) is 1. The molecule has 8 aromatic rings. The van der Waals surface area contributed by atoms with Crippen molar-refractivity contribution >= 4 is 27.8 Å². The Kier molecular flexibility index (Phi) is 7.84. The zero-order chi connectivity index (χ0) is 36.2. The monoisotopic (exact) mass is 693 g/mol. The molecule has 10 rings (SSSR count). The normalized spacial score (nSPS) is 14.0. The van der Waals surface area contributed by atoms with Crippen LogP contribution in [0.4, 0.5) is 17.1 Å². The number of para-hydroxylation sites is 1. The lowest BCUT2D eigenvalue weighted by molar-refractivity contribution is 0.660. The third-order valence-corrected chi connectivity index (χ3v) is 12.1. The lowest BCUT2D eigenvalue weighted by Gasteiger charge is -2.30. The fourth-order valence-corrected chi connectivity index (χ4v) is 9.27. The fourth-order valence-electron chi connectivity index (χ4n) is 9.27. The van der Waals surface area contributed by atoms with Crippen LogP contribution in [0.25, 0.3) is 55.3 Å². The van der Waals surface area contributed by atoms with Crippen molar-refractivity contribution in [1.29, 1.82) is 0 Å². The Morgan fingerprint density at radius 2 is 1.07 bits per heavy atom. The summed E-state index contributed by atoms with van der Waals surface area (Å²) in [4.78, 5) is 2.49. The maximum atomic E-state index is 2.49.